The van der Waals surface area contributed by atoms with Crippen LogP contribution in [0.4, 0.5) is 0 Å². The van der Waals surface area contributed by atoms with Gasteiger partial charge in [-0.3, -0.25) is 19.9 Å². The summed E-state index contributed by atoms with van der Waals surface area (Å²) in [5, 5.41) is 87.7. The molecule has 16 nitrogen and oxygen atoms in total. The van der Waals surface area contributed by atoms with Crippen molar-refractivity contribution in [3.05, 3.63) is 459 Å². The minimum Gasteiger partial charge on any atom is -0.545 e. The van der Waals surface area contributed by atoms with Crippen LogP contribution in [0.2, 0.25) is 0 Å². The molecule has 608 valence electrons. The minimum atomic E-state index is -1.13. The number of hydrogen-bond acceptors (Lipinski definition) is 16. The van der Waals surface area contributed by atoms with Gasteiger partial charge in [-0.05, 0) is 214 Å². The summed E-state index contributed by atoms with van der Waals surface area (Å²) < 4.78 is 0. The molecule has 0 bridgehead atoms. The van der Waals surface area contributed by atoms with Crippen molar-refractivity contribution in [3.63, 3.8) is 0 Å². The van der Waals surface area contributed by atoms with Gasteiger partial charge < -0.3 is 59.4 Å². The Bertz CT molecular complexity index is 6360. The summed E-state index contributed by atoms with van der Waals surface area (Å²) in [5.41, 5.74) is 5.32. The summed E-state index contributed by atoms with van der Waals surface area (Å²) in [6.07, 6.45) is 7.07. The number of fused-ring (bicyclic) bond motifs is 12. The van der Waals surface area contributed by atoms with Crippen LogP contribution in [0, 0.1) is 71.2 Å². The van der Waals surface area contributed by atoms with Crippen molar-refractivity contribution in [3.8, 4) is 22.8 Å². The average Bonchev–Trinajstić information content (AvgIpc) is 0.799. The second-order valence-corrected chi connectivity index (χ2v) is 28.7. The van der Waals surface area contributed by atoms with Gasteiger partial charge in [0.15, 0.2) is 0 Å². The molecule has 0 unspecified atom stereocenters. The van der Waals surface area contributed by atoms with Crippen molar-refractivity contribution in [2.75, 3.05) is 0 Å². The Morgan fingerprint density at radius 3 is 0.344 bits per heavy atom. The third-order valence-electron chi connectivity index (χ3n) is 21.0. The number of nitrogens with zero attached hydrogens (tertiary/aromatic N) is 4. The van der Waals surface area contributed by atoms with Crippen LogP contribution in [0.5, 0.6) is 0 Å². The van der Waals surface area contributed by atoms with Crippen LogP contribution in [-0.4, -0.2) is 55.8 Å². The second-order valence-electron chi connectivity index (χ2n) is 28.7. The number of pyridine rings is 4. The number of benzene rings is 18. The average molecular weight is 1920 g/mol. The second kappa shape index (κ2) is 43.0. The minimum absolute atomic E-state index is 0. The Labute approximate surface area is 789 Å². The number of aromatic nitrogens is 4. The fraction of sp³-hybridized carbons (Fsp3) is 0. The first-order valence-corrected chi connectivity index (χ1v) is 39.9. The molecule has 0 radical (unpaired) electrons. The van der Waals surface area contributed by atoms with Gasteiger partial charge in [0.1, 0.15) is 0 Å². The summed E-state index contributed by atoms with van der Waals surface area (Å²) in [6, 6.07) is 125. The van der Waals surface area contributed by atoms with E-state index in [1.165, 1.54) is 0 Å². The summed E-state index contributed by atoms with van der Waals surface area (Å²) >= 11 is 0. The van der Waals surface area contributed by atoms with E-state index in [0.717, 1.165) is 152 Å². The first kappa shape index (κ1) is 90.6. The molecular formula is C110H70La2N4O12. The molecule has 0 saturated heterocycles. The predicted octanol–water partition coefficient (Wildman–Crippen LogP) is 18.4. The Morgan fingerprint density at radius 1 is 0.148 bits per heavy atom. The van der Waals surface area contributed by atoms with E-state index in [9.17, 15) is 59.4 Å². The van der Waals surface area contributed by atoms with Crippen molar-refractivity contribution in [2.24, 2.45) is 0 Å². The number of carboxylic acid groups (broad SMARTS) is 6. The largest absolute Gasteiger partial charge is 3.00 e. The van der Waals surface area contributed by atoms with Gasteiger partial charge >= 0.3 is 71.2 Å². The van der Waals surface area contributed by atoms with Crippen LogP contribution in [0.1, 0.15) is 62.1 Å². The van der Waals surface area contributed by atoms with Crippen LogP contribution in [0.25, 0.3) is 152 Å². The number of carboxylic acids is 6. The van der Waals surface area contributed by atoms with Gasteiger partial charge in [0.25, 0.3) is 0 Å². The molecule has 22 aromatic rings. The molecule has 4 aromatic heterocycles. The number of carbonyl (C=O) groups excluding carboxylic acids is 6. The van der Waals surface area contributed by atoms with Crippen molar-refractivity contribution in [1.82, 2.24) is 19.9 Å². The summed E-state index contributed by atoms with van der Waals surface area (Å²) in [4.78, 5) is 84.7. The van der Waals surface area contributed by atoms with Gasteiger partial charge in [-0.2, -0.15) is 0 Å². The van der Waals surface area contributed by atoms with Crippen LogP contribution >= 0.6 is 0 Å². The summed E-state index contributed by atoms with van der Waals surface area (Å²) in [5.74, 6) is -6.76. The van der Waals surface area contributed by atoms with Crippen molar-refractivity contribution >= 4 is 165 Å². The van der Waals surface area contributed by atoms with Gasteiger partial charge in [0, 0.05) is 58.2 Å². The van der Waals surface area contributed by atoms with Gasteiger partial charge in [0.05, 0.1) is 58.6 Å². The molecule has 4 heterocycles. The molecule has 22 rings (SSSR count). The van der Waals surface area contributed by atoms with Crippen molar-refractivity contribution in [1.29, 1.82) is 0 Å². The summed E-state index contributed by atoms with van der Waals surface area (Å²) in [6.45, 7) is 0. The number of aromatic carboxylic acids is 6. The zero-order chi connectivity index (χ0) is 87.4. The van der Waals surface area contributed by atoms with E-state index in [4.69, 9.17) is 0 Å². The fourth-order valence-electron chi connectivity index (χ4n) is 15.5. The van der Waals surface area contributed by atoms with Gasteiger partial charge in [0.2, 0.25) is 0 Å². The molecule has 128 heavy (non-hydrogen) atoms. The van der Waals surface area contributed by atoms with Crippen LogP contribution in [0.15, 0.2) is 425 Å². The molecule has 0 aliphatic carbocycles. The SMILES string of the molecule is O=C([O-])c1c2ccccc2cc2ccccc12.O=C([O-])c1c2ccccc2cc2ccccc12.O=C([O-])c1c2ccccc2cc2ccccc12.O=C([O-])c1c2ccccc2cc2ccccc12.O=C([O-])c1c2ccccc2cc2ccccc12.O=C([O-])c1c2ccccc2cc2ccccc12.[La+3].[La+3].c1ccc(-c2ccccn2)nc1.c1ccc(-c2ccccn2)nc1. The van der Waals surface area contributed by atoms with E-state index in [-0.39, 0.29) is 105 Å². The maximum atomic E-state index is 11.3. The quantitative estimate of drug-likeness (QED) is 0.128. The fourth-order valence-corrected chi connectivity index (χ4v) is 15.5. The molecule has 0 aliphatic rings. The predicted molar refractivity (Wildman–Crippen MR) is 490 cm³/mol. The molecular weight excluding hydrogens is 1850 g/mol. The van der Waals surface area contributed by atoms with Crippen molar-refractivity contribution < 1.29 is 131 Å². The first-order valence-electron chi connectivity index (χ1n) is 39.9. The van der Waals surface area contributed by atoms with E-state index >= 15 is 0 Å². The Kier molecular flexibility index (Phi) is 30.4. The Hall–Kier alpha value is -15.1. The zero-order valence-electron chi connectivity index (χ0n) is 68.3. The van der Waals surface area contributed by atoms with Crippen LogP contribution in [0.3, 0.4) is 0 Å². The third-order valence-corrected chi connectivity index (χ3v) is 21.0. The van der Waals surface area contributed by atoms with Crippen molar-refractivity contribution in [2.45, 2.75) is 0 Å². The Morgan fingerprint density at radius 2 is 0.250 bits per heavy atom. The molecule has 0 saturated carbocycles. The molecule has 18 heteroatoms. The van der Waals surface area contributed by atoms with Gasteiger partial charge in [-0.25, -0.2) is 0 Å². The number of carbonyl (C=O) groups is 6. The van der Waals surface area contributed by atoms with E-state index in [1.807, 2.05) is 400 Å². The molecule has 18 aromatic carbocycles. The zero-order valence-corrected chi connectivity index (χ0v) is 75.5. The number of hydrogen-bond donors (Lipinski definition) is 0. The first-order chi connectivity index (χ1) is 61.6. The van der Waals surface area contributed by atoms with Crippen LogP contribution in [-0.2, 0) is 0 Å². The maximum Gasteiger partial charge on any atom is 3.00 e. The molecule has 0 N–H and O–H groups in total. The summed E-state index contributed by atoms with van der Waals surface area (Å²) in [7, 11) is 0. The molecule has 0 aliphatic heterocycles. The van der Waals surface area contributed by atoms with E-state index in [2.05, 4.69) is 19.9 Å². The molecule has 0 amide bonds. The topological polar surface area (TPSA) is 292 Å². The molecule has 0 atom stereocenters. The smallest absolute Gasteiger partial charge is 0.545 e. The molecule has 0 fully saturated rings. The third kappa shape index (κ3) is 20.9. The van der Waals surface area contributed by atoms with E-state index < -0.39 is 35.8 Å². The monoisotopic (exact) mass is 1920 g/mol. The Balaban J connectivity index is 0.000000125. The van der Waals surface area contributed by atoms with E-state index in [1.54, 1.807) is 24.8 Å². The van der Waals surface area contributed by atoms with Gasteiger partial charge in [-0.15, -0.1) is 0 Å². The van der Waals surface area contributed by atoms with Crippen LogP contribution < -0.4 is 30.6 Å². The maximum absolute atomic E-state index is 11.3. The normalized spacial score (nSPS) is 10.4. The van der Waals surface area contributed by atoms with Gasteiger partial charge in [-0.1, -0.05) is 315 Å². The molecule has 0 spiro atoms. The number of rotatable bonds is 8. The van der Waals surface area contributed by atoms with E-state index in [0.29, 0.717) is 0 Å². The standard InChI is InChI=1S/6C15H10O2.2C10H8N2.2La/c6*16-15(17)14-12-7-3-1-5-10(12)9-11-6-2-4-8-13(11)14;2*1-3-7-11-9(5-1)10-6-2-4-8-12-10;;/h6*1-9H,(H,16,17);2*1-8H;;/q;;;;;;;;2*+3/p-6.